The predicted molar refractivity (Wildman–Crippen MR) is 144 cm³/mol. The lowest BCUT2D eigenvalue weighted by Crippen LogP contribution is -2.51. The second kappa shape index (κ2) is 11.8. The molecule has 0 aliphatic carbocycles. The minimum absolute atomic E-state index is 0.0697. The Morgan fingerprint density at radius 1 is 0.947 bits per heavy atom. The zero-order valence-electron chi connectivity index (χ0n) is 20.8. The first-order chi connectivity index (χ1) is 18.2. The van der Waals surface area contributed by atoms with Crippen LogP contribution in [0.1, 0.15) is 34.8 Å². The molecule has 4 rings (SSSR count). The molecule has 3 amide bonds. The quantitative estimate of drug-likeness (QED) is 0.413. The van der Waals surface area contributed by atoms with Crippen LogP contribution in [0.25, 0.3) is 0 Å². The molecular formula is C28H28ClN3O5S. The maximum Gasteiger partial charge on any atom is 0.269 e. The van der Waals surface area contributed by atoms with Crippen molar-refractivity contribution in [3.05, 3.63) is 101 Å². The van der Waals surface area contributed by atoms with Gasteiger partial charge in [-0.1, -0.05) is 66.2 Å². The first-order valence-electron chi connectivity index (χ1n) is 12.2. The van der Waals surface area contributed by atoms with Gasteiger partial charge < -0.3 is 10.2 Å². The number of carbonyl (C=O) groups is 3. The second-order valence-corrected chi connectivity index (χ2v) is 11.1. The lowest BCUT2D eigenvalue weighted by molar-refractivity contribution is -0.141. The molecule has 1 atom stereocenters. The first kappa shape index (κ1) is 27.3. The Bertz CT molecular complexity index is 1430. The number of nitrogens with zero attached hydrogens (tertiary/aromatic N) is 2. The van der Waals surface area contributed by atoms with E-state index in [4.69, 9.17) is 11.6 Å². The third-order valence-corrected chi connectivity index (χ3v) is 8.42. The van der Waals surface area contributed by atoms with Crippen molar-refractivity contribution in [2.45, 2.75) is 37.2 Å². The van der Waals surface area contributed by atoms with Crippen LogP contribution in [0.4, 0.5) is 0 Å². The summed E-state index contributed by atoms with van der Waals surface area (Å²) >= 11 is 6.03. The summed E-state index contributed by atoms with van der Waals surface area (Å²) in [5.74, 6) is -1.44. The van der Waals surface area contributed by atoms with Gasteiger partial charge in [0.1, 0.15) is 10.9 Å². The van der Waals surface area contributed by atoms with Crippen molar-refractivity contribution in [3.63, 3.8) is 0 Å². The largest absolute Gasteiger partial charge is 0.355 e. The Morgan fingerprint density at radius 2 is 1.61 bits per heavy atom. The number of amides is 3. The van der Waals surface area contributed by atoms with E-state index in [9.17, 15) is 22.8 Å². The highest BCUT2D eigenvalue weighted by atomic mass is 35.5. The van der Waals surface area contributed by atoms with E-state index >= 15 is 0 Å². The van der Waals surface area contributed by atoms with Gasteiger partial charge in [0.05, 0.1) is 5.56 Å². The van der Waals surface area contributed by atoms with Crippen molar-refractivity contribution in [2.24, 2.45) is 0 Å². The molecule has 0 saturated carbocycles. The molecule has 1 N–H and O–H groups in total. The van der Waals surface area contributed by atoms with Crippen molar-refractivity contribution < 1.29 is 22.8 Å². The fourth-order valence-electron chi connectivity index (χ4n) is 4.43. The third-order valence-electron chi connectivity index (χ3n) is 6.33. The molecule has 3 aromatic carbocycles. The zero-order valence-corrected chi connectivity index (χ0v) is 22.4. The number of hydrogen-bond donors (Lipinski definition) is 1. The van der Waals surface area contributed by atoms with Crippen molar-refractivity contribution in [1.82, 2.24) is 14.5 Å². The van der Waals surface area contributed by atoms with E-state index in [0.717, 1.165) is 15.4 Å². The Morgan fingerprint density at radius 3 is 2.26 bits per heavy atom. The lowest BCUT2D eigenvalue weighted by atomic mass is 10.0. The van der Waals surface area contributed by atoms with Crippen molar-refractivity contribution in [2.75, 3.05) is 13.1 Å². The number of benzene rings is 3. The maximum absolute atomic E-state index is 13.7. The van der Waals surface area contributed by atoms with Crippen LogP contribution in [0.3, 0.4) is 0 Å². The fourth-order valence-corrected chi connectivity index (χ4v) is 6.12. The number of carbonyl (C=O) groups excluding carboxylic acids is 3. The van der Waals surface area contributed by atoms with Crippen molar-refractivity contribution in [3.8, 4) is 0 Å². The molecule has 38 heavy (non-hydrogen) atoms. The predicted octanol–water partition coefficient (Wildman–Crippen LogP) is 3.65. The summed E-state index contributed by atoms with van der Waals surface area (Å²) in [5, 5.41) is 3.35. The molecule has 1 heterocycles. The van der Waals surface area contributed by atoms with Gasteiger partial charge in [-0.05, 0) is 42.3 Å². The van der Waals surface area contributed by atoms with Crippen LogP contribution in [0.5, 0.6) is 0 Å². The van der Waals surface area contributed by atoms with Gasteiger partial charge in [-0.3, -0.25) is 14.4 Å². The number of nitrogens with one attached hydrogen (secondary N) is 1. The average molecular weight is 554 g/mol. The van der Waals surface area contributed by atoms with E-state index in [0.29, 0.717) is 11.6 Å². The normalized spacial score (nSPS) is 14.6. The molecular weight excluding hydrogens is 526 g/mol. The molecule has 0 spiro atoms. The van der Waals surface area contributed by atoms with E-state index < -0.39 is 27.9 Å². The summed E-state index contributed by atoms with van der Waals surface area (Å²) in [6, 6.07) is 21.4. The summed E-state index contributed by atoms with van der Waals surface area (Å²) in [5.41, 5.74) is 1.70. The molecule has 0 saturated heterocycles. The van der Waals surface area contributed by atoms with Gasteiger partial charge in [0.15, 0.2) is 0 Å². The molecule has 10 heteroatoms. The third kappa shape index (κ3) is 5.89. The van der Waals surface area contributed by atoms with E-state index in [-0.39, 0.29) is 42.3 Å². The number of likely N-dealkylation sites (N-methyl/N-ethyl adjacent to an activating group) is 1. The fraction of sp³-hybridized carbons (Fsp3) is 0.250. The summed E-state index contributed by atoms with van der Waals surface area (Å²) in [4.78, 5) is 41.1. The first-order valence-corrected chi connectivity index (χ1v) is 14.1. The molecule has 8 nitrogen and oxygen atoms in total. The average Bonchev–Trinajstić information content (AvgIpc) is 3.11. The lowest BCUT2D eigenvalue weighted by Gasteiger charge is -2.32. The van der Waals surface area contributed by atoms with Crippen LogP contribution >= 0.6 is 11.6 Å². The van der Waals surface area contributed by atoms with Gasteiger partial charge in [-0.15, -0.1) is 0 Å². The maximum atomic E-state index is 13.7. The topological polar surface area (TPSA) is 104 Å². The SMILES string of the molecule is CCNC(=O)[C@H](Cc1ccccc1)N(Cc1ccc(Cl)cc1)C(=O)CCN1C(=O)c2ccccc2S1(=O)=O. The number of halogens is 1. The van der Waals surface area contributed by atoms with Crippen LogP contribution in [0.2, 0.25) is 5.02 Å². The Hall–Kier alpha value is -3.69. The summed E-state index contributed by atoms with van der Waals surface area (Å²) in [6.07, 6.45) is -0.0182. The summed E-state index contributed by atoms with van der Waals surface area (Å²) in [7, 11) is -4.06. The number of sulfonamides is 1. The molecule has 3 aromatic rings. The standard InChI is InChI=1S/C28H28ClN3O5S/c1-2-30-27(34)24(18-20-8-4-3-5-9-20)31(19-21-12-14-22(29)15-13-21)26(33)16-17-32-28(35)23-10-6-7-11-25(23)38(32,36)37/h3-15,24H,2,16-19H2,1H3,(H,30,34)/t24-/m0/s1. The van der Waals surface area contributed by atoms with Gasteiger partial charge in [0, 0.05) is 37.5 Å². The Labute approximate surface area is 227 Å². The van der Waals surface area contributed by atoms with Gasteiger partial charge >= 0.3 is 0 Å². The Balaban J connectivity index is 1.62. The molecule has 0 fully saturated rings. The monoisotopic (exact) mass is 553 g/mol. The van der Waals surface area contributed by atoms with Gasteiger partial charge in [0.2, 0.25) is 11.8 Å². The second-order valence-electron chi connectivity index (χ2n) is 8.88. The highest BCUT2D eigenvalue weighted by Crippen LogP contribution is 2.30. The van der Waals surface area contributed by atoms with Crippen LogP contribution in [-0.2, 0) is 32.6 Å². The number of rotatable bonds is 10. The van der Waals surface area contributed by atoms with Crippen molar-refractivity contribution in [1.29, 1.82) is 0 Å². The van der Waals surface area contributed by atoms with Gasteiger partial charge in [-0.25, -0.2) is 12.7 Å². The van der Waals surface area contributed by atoms with Crippen molar-refractivity contribution >= 4 is 39.3 Å². The Kier molecular flexibility index (Phi) is 8.48. The number of fused-ring (bicyclic) bond motifs is 1. The molecule has 198 valence electrons. The van der Waals surface area contributed by atoms with E-state index in [1.165, 1.54) is 17.0 Å². The summed E-state index contributed by atoms with van der Waals surface area (Å²) in [6.45, 7) is 1.95. The van der Waals surface area contributed by atoms with E-state index in [2.05, 4.69) is 5.32 Å². The molecule has 0 aromatic heterocycles. The summed E-state index contributed by atoms with van der Waals surface area (Å²) < 4.78 is 26.7. The van der Waals surface area contributed by atoms with E-state index in [1.807, 2.05) is 30.3 Å². The van der Waals surface area contributed by atoms with Crippen LogP contribution in [0, 0.1) is 0 Å². The minimum atomic E-state index is -4.06. The minimum Gasteiger partial charge on any atom is -0.355 e. The highest BCUT2D eigenvalue weighted by Gasteiger charge is 2.41. The molecule has 1 aliphatic rings. The highest BCUT2D eigenvalue weighted by molar-refractivity contribution is 7.90. The van der Waals surface area contributed by atoms with Gasteiger partial charge in [-0.2, -0.15) is 0 Å². The molecule has 1 aliphatic heterocycles. The molecule has 0 bridgehead atoms. The van der Waals surface area contributed by atoms with E-state index in [1.54, 1.807) is 43.3 Å². The molecule has 0 radical (unpaired) electrons. The van der Waals surface area contributed by atoms with Gasteiger partial charge in [0.25, 0.3) is 15.9 Å². The van der Waals surface area contributed by atoms with Crippen LogP contribution in [0.15, 0.2) is 83.8 Å². The van der Waals surface area contributed by atoms with Crippen LogP contribution in [-0.4, -0.2) is 54.5 Å². The number of hydrogen-bond acceptors (Lipinski definition) is 5. The zero-order chi connectivity index (χ0) is 27.3. The molecule has 0 unspecified atom stereocenters. The van der Waals surface area contributed by atoms with Crippen LogP contribution < -0.4 is 5.32 Å². The smallest absolute Gasteiger partial charge is 0.269 e.